The highest BCUT2D eigenvalue weighted by Crippen LogP contribution is 2.29. The van der Waals surface area contributed by atoms with Crippen LogP contribution >= 0.6 is 0 Å². The van der Waals surface area contributed by atoms with Gasteiger partial charge in [0.1, 0.15) is 11.4 Å². The molecular formula is C18H18N4O6. The normalized spacial score (nSPS) is 13.6. The van der Waals surface area contributed by atoms with Gasteiger partial charge < -0.3 is 14.7 Å². The molecule has 2 aromatic carbocycles. The Hall–Kier alpha value is -3.66. The summed E-state index contributed by atoms with van der Waals surface area (Å²) in [5.74, 6) is -1.43. The molecule has 2 amide bonds. The number of hydrogen-bond acceptors (Lipinski definition) is 7. The number of nitrogens with zero attached hydrogens (tertiary/aromatic N) is 2. The fourth-order valence-corrected chi connectivity index (χ4v) is 2.79. The number of benzene rings is 2. The van der Waals surface area contributed by atoms with Crippen molar-refractivity contribution < 1.29 is 24.4 Å². The molecule has 146 valence electrons. The van der Waals surface area contributed by atoms with Crippen molar-refractivity contribution in [1.82, 2.24) is 10.9 Å². The van der Waals surface area contributed by atoms with Crippen molar-refractivity contribution >= 4 is 23.2 Å². The Labute approximate surface area is 159 Å². The second kappa shape index (κ2) is 8.35. The van der Waals surface area contributed by atoms with Gasteiger partial charge in [0.15, 0.2) is 0 Å². The van der Waals surface area contributed by atoms with E-state index in [2.05, 4.69) is 10.9 Å². The van der Waals surface area contributed by atoms with E-state index in [0.29, 0.717) is 32.0 Å². The van der Waals surface area contributed by atoms with Crippen molar-refractivity contribution in [3.8, 4) is 5.75 Å². The van der Waals surface area contributed by atoms with Crippen molar-refractivity contribution in [2.24, 2.45) is 0 Å². The third-order valence-corrected chi connectivity index (χ3v) is 4.18. The molecule has 1 aliphatic rings. The van der Waals surface area contributed by atoms with Crippen LogP contribution in [0, 0.1) is 10.1 Å². The Morgan fingerprint density at radius 1 is 1.04 bits per heavy atom. The maximum absolute atomic E-state index is 12.3. The van der Waals surface area contributed by atoms with Gasteiger partial charge in [-0.25, -0.2) is 0 Å². The summed E-state index contributed by atoms with van der Waals surface area (Å²) in [7, 11) is 0. The number of rotatable bonds is 4. The maximum Gasteiger partial charge on any atom is 0.293 e. The van der Waals surface area contributed by atoms with E-state index < -0.39 is 16.7 Å². The predicted octanol–water partition coefficient (Wildman–Crippen LogP) is 1.21. The molecule has 0 bridgehead atoms. The molecule has 3 N–H and O–H groups in total. The molecule has 10 nitrogen and oxygen atoms in total. The number of carbonyl (C=O) groups excluding carboxylic acids is 2. The number of nitro benzene ring substituents is 1. The highest BCUT2D eigenvalue weighted by molar-refractivity contribution is 5.99. The zero-order chi connectivity index (χ0) is 20.1. The molecule has 0 saturated carbocycles. The number of ether oxygens (including phenoxy) is 1. The Bertz CT molecular complexity index is 911. The topological polar surface area (TPSA) is 134 Å². The molecular weight excluding hydrogens is 368 g/mol. The second-order valence-corrected chi connectivity index (χ2v) is 6.02. The van der Waals surface area contributed by atoms with E-state index >= 15 is 0 Å². The average molecular weight is 386 g/mol. The highest BCUT2D eigenvalue weighted by Gasteiger charge is 2.23. The van der Waals surface area contributed by atoms with E-state index in [1.165, 1.54) is 42.5 Å². The first-order valence-corrected chi connectivity index (χ1v) is 8.46. The van der Waals surface area contributed by atoms with E-state index in [0.717, 1.165) is 0 Å². The Morgan fingerprint density at radius 3 is 2.29 bits per heavy atom. The summed E-state index contributed by atoms with van der Waals surface area (Å²) >= 11 is 0. The summed E-state index contributed by atoms with van der Waals surface area (Å²) in [6.45, 7) is 1.99. The summed E-state index contributed by atoms with van der Waals surface area (Å²) in [4.78, 5) is 37.0. The van der Waals surface area contributed by atoms with Gasteiger partial charge in [-0.05, 0) is 30.3 Å². The largest absolute Gasteiger partial charge is 0.508 e. The number of hydrogen-bond donors (Lipinski definition) is 3. The number of carbonyl (C=O) groups is 2. The van der Waals surface area contributed by atoms with E-state index in [4.69, 9.17) is 4.74 Å². The van der Waals surface area contributed by atoms with Crippen LogP contribution in [0.3, 0.4) is 0 Å². The first kappa shape index (κ1) is 19.1. The van der Waals surface area contributed by atoms with Crippen LogP contribution in [0.25, 0.3) is 0 Å². The number of phenols is 1. The molecule has 1 fully saturated rings. The molecule has 1 heterocycles. The number of aromatic hydroxyl groups is 1. The zero-order valence-corrected chi connectivity index (χ0v) is 14.8. The molecule has 0 unspecified atom stereocenters. The number of nitrogens with one attached hydrogen (secondary N) is 2. The van der Waals surface area contributed by atoms with Gasteiger partial charge in [0, 0.05) is 30.3 Å². The molecule has 0 atom stereocenters. The quantitative estimate of drug-likeness (QED) is 0.531. The first-order chi connectivity index (χ1) is 13.5. The minimum atomic E-state index is -0.704. The van der Waals surface area contributed by atoms with Gasteiger partial charge in [-0.15, -0.1) is 0 Å². The predicted molar refractivity (Wildman–Crippen MR) is 99.2 cm³/mol. The maximum atomic E-state index is 12.3. The van der Waals surface area contributed by atoms with Crippen LogP contribution in [0.4, 0.5) is 11.4 Å². The Kier molecular flexibility index (Phi) is 5.70. The number of phenolic OH excluding ortho intramolecular Hbond substituents is 1. The number of morpholine rings is 1. The lowest BCUT2D eigenvalue weighted by Crippen LogP contribution is -2.41. The minimum absolute atomic E-state index is 0.0277. The molecule has 1 aliphatic heterocycles. The summed E-state index contributed by atoms with van der Waals surface area (Å²) in [6, 6.07) is 9.72. The molecule has 0 spiro atoms. The fourth-order valence-electron chi connectivity index (χ4n) is 2.79. The third kappa shape index (κ3) is 4.35. The number of amides is 2. The number of nitro groups is 1. The molecule has 1 saturated heterocycles. The molecule has 0 aromatic heterocycles. The van der Waals surface area contributed by atoms with Gasteiger partial charge in [-0.3, -0.25) is 30.6 Å². The monoisotopic (exact) mass is 386 g/mol. The number of hydrazine groups is 1. The van der Waals surface area contributed by atoms with Gasteiger partial charge in [-0.2, -0.15) is 0 Å². The van der Waals surface area contributed by atoms with Crippen molar-refractivity contribution in [3.63, 3.8) is 0 Å². The van der Waals surface area contributed by atoms with Gasteiger partial charge in [0.2, 0.25) is 0 Å². The molecule has 2 aromatic rings. The highest BCUT2D eigenvalue weighted by atomic mass is 16.6. The van der Waals surface area contributed by atoms with Crippen LogP contribution in [-0.2, 0) is 4.74 Å². The molecule has 10 heteroatoms. The summed E-state index contributed by atoms with van der Waals surface area (Å²) in [5.41, 5.74) is 4.80. The van der Waals surface area contributed by atoms with Gasteiger partial charge >= 0.3 is 0 Å². The Morgan fingerprint density at radius 2 is 1.68 bits per heavy atom. The van der Waals surface area contributed by atoms with Crippen LogP contribution < -0.4 is 15.8 Å². The van der Waals surface area contributed by atoms with Crippen LogP contribution in [0.1, 0.15) is 20.7 Å². The molecule has 28 heavy (non-hydrogen) atoms. The van der Waals surface area contributed by atoms with Gasteiger partial charge in [0.25, 0.3) is 17.5 Å². The minimum Gasteiger partial charge on any atom is -0.508 e. The average Bonchev–Trinajstić information content (AvgIpc) is 2.72. The van der Waals surface area contributed by atoms with E-state index in [1.807, 2.05) is 4.90 Å². The fraction of sp³-hybridized carbons (Fsp3) is 0.222. The van der Waals surface area contributed by atoms with Gasteiger partial charge in [0.05, 0.1) is 18.1 Å². The first-order valence-electron chi connectivity index (χ1n) is 8.46. The van der Waals surface area contributed by atoms with Crippen molar-refractivity contribution in [1.29, 1.82) is 0 Å². The SMILES string of the molecule is O=C(NNC(=O)c1ccc(N2CCOCC2)c([N+](=O)[O-])c1)c1cccc(O)c1. The smallest absolute Gasteiger partial charge is 0.293 e. The molecule has 0 radical (unpaired) electrons. The summed E-state index contributed by atoms with van der Waals surface area (Å²) in [6.07, 6.45) is 0. The second-order valence-electron chi connectivity index (χ2n) is 6.02. The van der Waals surface area contributed by atoms with E-state index in [1.54, 1.807) is 0 Å². The van der Waals surface area contributed by atoms with Crippen LogP contribution in [0.2, 0.25) is 0 Å². The van der Waals surface area contributed by atoms with Crippen LogP contribution in [0.15, 0.2) is 42.5 Å². The van der Waals surface area contributed by atoms with Crippen molar-refractivity contribution in [2.45, 2.75) is 0 Å². The van der Waals surface area contributed by atoms with E-state index in [9.17, 15) is 24.8 Å². The lowest BCUT2D eigenvalue weighted by molar-refractivity contribution is -0.384. The number of anilines is 1. The van der Waals surface area contributed by atoms with Crippen molar-refractivity contribution in [2.75, 3.05) is 31.2 Å². The lowest BCUT2D eigenvalue weighted by Gasteiger charge is -2.28. The summed E-state index contributed by atoms with van der Waals surface area (Å²) in [5, 5.41) is 20.8. The lowest BCUT2D eigenvalue weighted by atomic mass is 10.1. The standard InChI is InChI=1S/C18H18N4O6/c23-14-3-1-2-12(10-14)17(24)19-20-18(25)13-4-5-15(16(11-13)22(26)27)21-6-8-28-9-7-21/h1-5,10-11,23H,6-9H2,(H,19,24)(H,20,25). The van der Waals surface area contributed by atoms with Gasteiger partial charge in [-0.1, -0.05) is 6.07 Å². The summed E-state index contributed by atoms with van der Waals surface area (Å²) < 4.78 is 5.25. The van der Waals surface area contributed by atoms with Crippen LogP contribution in [-0.4, -0.2) is 48.1 Å². The Balaban J connectivity index is 1.72. The molecule has 0 aliphatic carbocycles. The zero-order valence-electron chi connectivity index (χ0n) is 14.8. The van der Waals surface area contributed by atoms with E-state index in [-0.39, 0.29) is 22.6 Å². The third-order valence-electron chi connectivity index (χ3n) is 4.18. The molecule has 3 rings (SSSR count). The van der Waals surface area contributed by atoms with Crippen molar-refractivity contribution in [3.05, 3.63) is 63.7 Å². The van der Waals surface area contributed by atoms with Crippen LogP contribution in [0.5, 0.6) is 5.75 Å².